The molecule has 3 aromatic rings. The van der Waals surface area contributed by atoms with Crippen LogP contribution < -0.4 is 10.9 Å². The summed E-state index contributed by atoms with van der Waals surface area (Å²) in [4.78, 5) is 46.2. The minimum absolute atomic E-state index is 0.162. The van der Waals surface area contributed by atoms with Crippen molar-refractivity contribution >= 4 is 22.9 Å². The van der Waals surface area contributed by atoms with Gasteiger partial charge in [-0.1, -0.05) is 19.1 Å². The minimum atomic E-state index is -1.52. The van der Waals surface area contributed by atoms with E-state index in [2.05, 4.69) is 15.2 Å². The van der Waals surface area contributed by atoms with E-state index in [9.17, 15) is 29.0 Å². The summed E-state index contributed by atoms with van der Waals surface area (Å²) in [5.74, 6) is -2.75. The monoisotopic (exact) mass is 552 g/mol. The zero-order valence-corrected chi connectivity index (χ0v) is 22.4. The van der Waals surface area contributed by atoms with Gasteiger partial charge in [-0.3, -0.25) is 19.1 Å². The number of pyridine rings is 2. The zero-order chi connectivity index (χ0) is 28.4. The average Bonchev–Trinajstić information content (AvgIpc) is 2.95. The Morgan fingerprint density at radius 1 is 1.12 bits per heavy atom. The highest BCUT2D eigenvalue weighted by atomic mass is 19.1. The molecule has 2 aliphatic rings. The SMILES string of the molecule is CC1CCC(NC(=O)c2c(O)c3cc(-c4ccc(F)cc4)cnc3n(CCN3CCOCC3)c2=O)(C(=O)O)CC1. The molecule has 1 saturated carbocycles. The Hall–Kier alpha value is -3.83. The van der Waals surface area contributed by atoms with Crippen molar-refractivity contribution in [3.05, 3.63) is 58.3 Å². The Morgan fingerprint density at radius 2 is 1.80 bits per heavy atom. The number of benzene rings is 1. The van der Waals surface area contributed by atoms with E-state index < -0.39 is 40.1 Å². The lowest BCUT2D eigenvalue weighted by molar-refractivity contribution is -0.146. The molecule has 0 spiro atoms. The van der Waals surface area contributed by atoms with Gasteiger partial charge in [0.2, 0.25) is 0 Å². The fourth-order valence-corrected chi connectivity index (χ4v) is 5.52. The van der Waals surface area contributed by atoms with Gasteiger partial charge in [0.25, 0.3) is 11.5 Å². The lowest BCUT2D eigenvalue weighted by Crippen LogP contribution is -2.57. The summed E-state index contributed by atoms with van der Waals surface area (Å²) in [6.07, 6.45) is 3.22. The molecule has 10 nitrogen and oxygen atoms in total. The lowest BCUT2D eigenvalue weighted by atomic mass is 9.77. The molecule has 3 N–H and O–H groups in total. The van der Waals surface area contributed by atoms with Crippen molar-refractivity contribution in [1.82, 2.24) is 19.8 Å². The van der Waals surface area contributed by atoms with Gasteiger partial charge in [0.05, 0.1) is 18.6 Å². The van der Waals surface area contributed by atoms with Crippen molar-refractivity contribution in [1.29, 1.82) is 0 Å². The molecule has 5 rings (SSSR count). The molecule has 212 valence electrons. The van der Waals surface area contributed by atoms with Crippen molar-refractivity contribution in [2.45, 2.75) is 44.7 Å². The quantitative estimate of drug-likeness (QED) is 0.407. The van der Waals surface area contributed by atoms with Crippen molar-refractivity contribution in [3.63, 3.8) is 0 Å². The number of carboxylic acid groups (broad SMARTS) is 1. The second-order valence-corrected chi connectivity index (χ2v) is 10.8. The number of hydrogen-bond acceptors (Lipinski definition) is 7. The number of halogens is 1. The molecule has 3 heterocycles. The number of carbonyl (C=O) groups is 2. The first-order chi connectivity index (χ1) is 19.2. The van der Waals surface area contributed by atoms with Gasteiger partial charge in [0.1, 0.15) is 28.3 Å². The highest BCUT2D eigenvalue weighted by molar-refractivity contribution is 6.04. The van der Waals surface area contributed by atoms with E-state index in [-0.39, 0.29) is 30.4 Å². The fraction of sp³-hybridized carbons (Fsp3) is 0.448. The first kappa shape index (κ1) is 27.7. The molecular weight excluding hydrogens is 519 g/mol. The number of morpholine rings is 1. The number of aliphatic carboxylic acids is 1. The maximum absolute atomic E-state index is 13.7. The molecule has 0 unspecified atom stereocenters. The normalized spacial score (nSPS) is 21.8. The van der Waals surface area contributed by atoms with Gasteiger partial charge in [-0.05, 0) is 55.4 Å². The van der Waals surface area contributed by atoms with Gasteiger partial charge in [-0.15, -0.1) is 0 Å². The van der Waals surface area contributed by atoms with Crippen LogP contribution in [-0.2, 0) is 16.1 Å². The number of ether oxygens (including phenoxy) is 1. The van der Waals surface area contributed by atoms with Gasteiger partial charge < -0.3 is 20.3 Å². The number of aromatic nitrogens is 2. The van der Waals surface area contributed by atoms with Gasteiger partial charge in [-0.2, -0.15) is 0 Å². The topological polar surface area (TPSA) is 134 Å². The Labute approximate surface area is 230 Å². The number of carboxylic acids is 1. The Balaban J connectivity index is 1.59. The third kappa shape index (κ3) is 5.44. The van der Waals surface area contributed by atoms with Crippen LogP contribution in [0.2, 0.25) is 0 Å². The number of fused-ring (bicyclic) bond motifs is 1. The molecule has 0 atom stereocenters. The minimum Gasteiger partial charge on any atom is -0.506 e. The third-order valence-electron chi connectivity index (χ3n) is 8.11. The maximum atomic E-state index is 13.7. The number of aromatic hydroxyl groups is 1. The number of amides is 1. The van der Waals surface area contributed by atoms with E-state index in [1.807, 2.05) is 6.92 Å². The standard InChI is InChI=1S/C29H33FN4O6/c1-18-6-8-29(9-7-18,28(38)39)32-26(36)23-24(35)22-16-20(19-2-4-21(30)5-3-19)17-31-25(22)34(27(23)37)11-10-33-12-14-40-15-13-33/h2-5,16-18,35H,6-15H2,1H3,(H,32,36)(H,38,39). The van der Waals surface area contributed by atoms with Crippen molar-refractivity contribution in [2.75, 3.05) is 32.8 Å². The molecule has 40 heavy (non-hydrogen) atoms. The number of nitrogens with zero attached hydrogens (tertiary/aromatic N) is 3. The second kappa shape index (κ2) is 11.3. The molecule has 2 fully saturated rings. The van der Waals surface area contributed by atoms with Crippen LogP contribution in [-0.4, -0.2) is 74.9 Å². The van der Waals surface area contributed by atoms with Crippen molar-refractivity contribution in [3.8, 4) is 16.9 Å². The number of rotatable bonds is 7. The second-order valence-electron chi connectivity index (χ2n) is 10.8. The molecule has 0 radical (unpaired) electrons. The predicted octanol–water partition coefficient (Wildman–Crippen LogP) is 3.00. The van der Waals surface area contributed by atoms with Crippen LogP contribution in [0, 0.1) is 11.7 Å². The summed E-state index contributed by atoms with van der Waals surface area (Å²) in [7, 11) is 0. The van der Waals surface area contributed by atoms with Crippen molar-refractivity contribution < 1.29 is 28.9 Å². The van der Waals surface area contributed by atoms with Crippen LogP contribution in [0.4, 0.5) is 4.39 Å². The van der Waals surface area contributed by atoms with Crippen LogP contribution in [0.5, 0.6) is 5.75 Å². The molecule has 1 saturated heterocycles. The lowest BCUT2D eigenvalue weighted by Gasteiger charge is -2.36. The summed E-state index contributed by atoms with van der Waals surface area (Å²) in [5.41, 5.74) is -1.42. The predicted molar refractivity (Wildman–Crippen MR) is 146 cm³/mol. The molecule has 11 heteroatoms. The van der Waals surface area contributed by atoms with Crippen molar-refractivity contribution in [2.24, 2.45) is 5.92 Å². The number of nitrogens with one attached hydrogen (secondary N) is 1. The Kier molecular flexibility index (Phi) is 7.86. The van der Waals surface area contributed by atoms with E-state index in [0.717, 1.165) is 0 Å². The van der Waals surface area contributed by atoms with E-state index >= 15 is 0 Å². The largest absolute Gasteiger partial charge is 0.506 e. The van der Waals surface area contributed by atoms with E-state index in [0.29, 0.717) is 62.7 Å². The van der Waals surface area contributed by atoms with Gasteiger partial charge in [0.15, 0.2) is 0 Å². The first-order valence-corrected chi connectivity index (χ1v) is 13.6. The van der Waals surface area contributed by atoms with Crippen LogP contribution in [0.15, 0.2) is 41.3 Å². The molecule has 1 aliphatic heterocycles. The summed E-state index contributed by atoms with van der Waals surface area (Å²) in [6.45, 7) is 5.26. The molecule has 1 amide bonds. The van der Waals surface area contributed by atoms with Gasteiger partial charge >= 0.3 is 5.97 Å². The van der Waals surface area contributed by atoms with Crippen LogP contribution >= 0.6 is 0 Å². The van der Waals surface area contributed by atoms with E-state index in [1.165, 1.54) is 22.9 Å². The van der Waals surface area contributed by atoms with Crippen LogP contribution in [0.25, 0.3) is 22.2 Å². The smallest absolute Gasteiger partial charge is 0.329 e. The first-order valence-electron chi connectivity index (χ1n) is 13.6. The van der Waals surface area contributed by atoms with E-state index in [4.69, 9.17) is 4.74 Å². The Morgan fingerprint density at radius 3 is 2.45 bits per heavy atom. The zero-order valence-electron chi connectivity index (χ0n) is 22.4. The summed E-state index contributed by atoms with van der Waals surface area (Å²) < 4.78 is 20.3. The molecule has 2 aromatic heterocycles. The summed E-state index contributed by atoms with van der Waals surface area (Å²) >= 11 is 0. The summed E-state index contributed by atoms with van der Waals surface area (Å²) in [5, 5.41) is 24.1. The summed E-state index contributed by atoms with van der Waals surface area (Å²) in [6, 6.07) is 7.34. The maximum Gasteiger partial charge on any atom is 0.329 e. The molecule has 1 aliphatic carbocycles. The molecule has 0 bridgehead atoms. The third-order valence-corrected chi connectivity index (χ3v) is 8.11. The van der Waals surface area contributed by atoms with Crippen LogP contribution in [0.3, 0.4) is 0 Å². The molecular formula is C29H33FN4O6. The highest BCUT2D eigenvalue weighted by Crippen LogP contribution is 2.34. The Bertz CT molecular complexity index is 1470. The number of hydrogen-bond donors (Lipinski definition) is 3. The fourth-order valence-electron chi connectivity index (χ4n) is 5.52. The average molecular weight is 553 g/mol. The highest BCUT2D eigenvalue weighted by Gasteiger charge is 2.43. The molecule has 1 aromatic carbocycles. The van der Waals surface area contributed by atoms with Gasteiger partial charge in [-0.25, -0.2) is 14.2 Å². The van der Waals surface area contributed by atoms with Crippen LogP contribution in [0.1, 0.15) is 43.0 Å². The number of carbonyl (C=O) groups excluding carboxylic acids is 1. The van der Waals surface area contributed by atoms with Gasteiger partial charge in [0, 0.05) is 37.9 Å². The van der Waals surface area contributed by atoms with E-state index in [1.54, 1.807) is 18.2 Å².